The Labute approximate surface area is 113 Å². The van der Waals surface area contributed by atoms with Gasteiger partial charge in [0.25, 0.3) is 0 Å². The van der Waals surface area contributed by atoms with Gasteiger partial charge >= 0.3 is 5.97 Å². The molecule has 0 aliphatic rings. The lowest BCUT2D eigenvalue weighted by Crippen LogP contribution is -2.15. The van der Waals surface area contributed by atoms with Gasteiger partial charge in [-0.15, -0.1) is 21.5 Å². The first kappa shape index (κ1) is 13.1. The van der Waals surface area contributed by atoms with Crippen molar-refractivity contribution >= 4 is 29.1 Å². The van der Waals surface area contributed by atoms with Gasteiger partial charge in [-0.25, -0.2) is 0 Å². The molecule has 0 aromatic carbocycles. The van der Waals surface area contributed by atoms with Crippen LogP contribution in [0.25, 0.3) is 10.7 Å². The molecule has 0 N–H and O–H groups in total. The lowest BCUT2D eigenvalue weighted by atomic mass is 10.4. The fraction of sp³-hybridized carbons (Fsp3) is 0.364. The zero-order valence-corrected chi connectivity index (χ0v) is 11.9. The minimum atomic E-state index is -0.297. The second-order valence-corrected chi connectivity index (χ2v) is 5.88. The Balaban J connectivity index is 2.19. The number of thioether (sulfide) groups is 1. The zero-order chi connectivity index (χ0) is 13.1. The van der Waals surface area contributed by atoms with Crippen LogP contribution in [0.4, 0.5) is 0 Å². The number of ether oxygens (including phenoxy) is 1. The Hall–Kier alpha value is -1.34. The predicted molar refractivity (Wildman–Crippen MR) is 71.7 cm³/mol. The average molecular weight is 283 g/mol. The number of methoxy groups -OCH3 is 1. The lowest BCUT2D eigenvalue weighted by Gasteiger charge is -2.07. The fourth-order valence-corrected chi connectivity index (χ4v) is 3.00. The first-order chi connectivity index (χ1) is 8.63. The van der Waals surface area contributed by atoms with E-state index in [-0.39, 0.29) is 11.2 Å². The number of carbonyl (C=O) groups is 1. The van der Waals surface area contributed by atoms with Crippen LogP contribution in [0.1, 0.15) is 6.92 Å². The van der Waals surface area contributed by atoms with Crippen LogP contribution in [0.2, 0.25) is 0 Å². The SMILES string of the molecule is COC(=O)[C@H](C)Sc1nnc(-c2cccs2)n1C. The molecule has 1 atom stereocenters. The largest absolute Gasteiger partial charge is 0.468 e. The highest BCUT2D eigenvalue weighted by molar-refractivity contribution is 8.00. The van der Waals surface area contributed by atoms with Crippen molar-refractivity contribution < 1.29 is 9.53 Å². The maximum atomic E-state index is 11.4. The molecule has 0 fully saturated rings. The molecule has 2 aromatic rings. The van der Waals surface area contributed by atoms with Gasteiger partial charge in [0.15, 0.2) is 11.0 Å². The van der Waals surface area contributed by atoms with Gasteiger partial charge in [0, 0.05) is 7.05 Å². The third-order valence-electron chi connectivity index (χ3n) is 2.39. The number of nitrogens with zero attached hydrogens (tertiary/aromatic N) is 3. The molecule has 2 rings (SSSR count). The van der Waals surface area contributed by atoms with Gasteiger partial charge in [-0.1, -0.05) is 17.8 Å². The quantitative estimate of drug-likeness (QED) is 0.636. The summed E-state index contributed by atoms with van der Waals surface area (Å²) in [4.78, 5) is 12.4. The third kappa shape index (κ3) is 2.56. The summed E-state index contributed by atoms with van der Waals surface area (Å²) in [5, 5.41) is 10.7. The first-order valence-corrected chi connectivity index (χ1v) is 7.07. The molecule has 7 heteroatoms. The van der Waals surface area contributed by atoms with E-state index in [1.165, 1.54) is 18.9 Å². The molecule has 0 unspecified atom stereocenters. The average Bonchev–Trinajstić information content (AvgIpc) is 2.99. The van der Waals surface area contributed by atoms with Crippen molar-refractivity contribution in [2.24, 2.45) is 7.05 Å². The minimum Gasteiger partial charge on any atom is -0.468 e. The maximum absolute atomic E-state index is 11.4. The van der Waals surface area contributed by atoms with E-state index in [1.54, 1.807) is 18.3 Å². The van der Waals surface area contributed by atoms with Crippen LogP contribution in [0.15, 0.2) is 22.7 Å². The highest BCUT2D eigenvalue weighted by atomic mass is 32.2. The Kier molecular flexibility index (Phi) is 4.03. The van der Waals surface area contributed by atoms with Crippen LogP contribution >= 0.6 is 23.1 Å². The van der Waals surface area contributed by atoms with Gasteiger partial charge in [0.2, 0.25) is 0 Å². The van der Waals surface area contributed by atoms with Gasteiger partial charge in [-0.05, 0) is 18.4 Å². The molecule has 0 aliphatic carbocycles. The minimum absolute atomic E-state index is 0.263. The topological polar surface area (TPSA) is 57.0 Å². The molecule has 0 bridgehead atoms. The molecular weight excluding hydrogens is 270 g/mol. The molecule has 96 valence electrons. The monoisotopic (exact) mass is 283 g/mol. The molecule has 0 saturated carbocycles. The number of carbonyl (C=O) groups excluding carboxylic acids is 1. The maximum Gasteiger partial charge on any atom is 0.318 e. The summed E-state index contributed by atoms with van der Waals surface area (Å²) in [6.45, 7) is 1.79. The number of thiophene rings is 1. The summed E-state index contributed by atoms with van der Waals surface area (Å²) in [5.41, 5.74) is 0. The van der Waals surface area contributed by atoms with Gasteiger partial charge in [0.1, 0.15) is 5.25 Å². The van der Waals surface area contributed by atoms with E-state index in [2.05, 4.69) is 14.9 Å². The van der Waals surface area contributed by atoms with E-state index in [0.29, 0.717) is 5.16 Å². The molecule has 2 aromatic heterocycles. The lowest BCUT2D eigenvalue weighted by molar-refractivity contribution is -0.139. The molecule has 0 spiro atoms. The Bertz CT molecular complexity index is 536. The number of rotatable bonds is 4. The molecule has 0 aliphatic heterocycles. The molecular formula is C11H13N3O2S2. The van der Waals surface area contributed by atoms with Crippen LogP contribution in [0.5, 0.6) is 0 Å². The van der Waals surface area contributed by atoms with Gasteiger partial charge < -0.3 is 9.30 Å². The van der Waals surface area contributed by atoms with E-state index in [1.807, 2.05) is 29.1 Å². The van der Waals surface area contributed by atoms with Gasteiger partial charge in [-0.2, -0.15) is 0 Å². The van der Waals surface area contributed by atoms with E-state index < -0.39 is 0 Å². The third-order valence-corrected chi connectivity index (χ3v) is 4.37. The van der Waals surface area contributed by atoms with Crippen molar-refractivity contribution in [2.45, 2.75) is 17.3 Å². The highest BCUT2D eigenvalue weighted by Crippen LogP contribution is 2.28. The number of hydrogen-bond acceptors (Lipinski definition) is 6. The zero-order valence-electron chi connectivity index (χ0n) is 10.3. The van der Waals surface area contributed by atoms with Gasteiger partial charge in [-0.3, -0.25) is 4.79 Å². The van der Waals surface area contributed by atoms with E-state index in [4.69, 9.17) is 0 Å². The molecule has 0 radical (unpaired) electrons. The Morgan fingerprint density at radius 2 is 2.33 bits per heavy atom. The molecule has 2 heterocycles. The predicted octanol–water partition coefficient (Wildman–Crippen LogP) is 2.20. The van der Waals surface area contributed by atoms with Crippen LogP contribution in [0.3, 0.4) is 0 Å². The summed E-state index contributed by atoms with van der Waals surface area (Å²) in [5.74, 6) is 0.547. The van der Waals surface area contributed by atoms with Crippen LogP contribution in [0, 0.1) is 0 Å². The Morgan fingerprint density at radius 1 is 1.56 bits per heavy atom. The summed E-state index contributed by atoms with van der Waals surface area (Å²) in [6.07, 6.45) is 0. The van der Waals surface area contributed by atoms with Crippen molar-refractivity contribution in [3.8, 4) is 10.7 Å². The van der Waals surface area contributed by atoms with Crippen molar-refractivity contribution in [3.63, 3.8) is 0 Å². The van der Waals surface area contributed by atoms with E-state index in [9.17, 15) is 4.79 Å². The van der Waals surface area contributed by atoms with Gasteiger partial charge in [0.05, 0.1) is 12.0 Å². The van der Waals surface area contributed by atoms with Crippen LogP contribution < -0.4 is 0 Å². The Morgan fingerprint density at radius 3 is 2.94 bits per heavy atom. The number of esters is 1. The van der Waals surface area contributed by atoms with Crippen molar-refractivity contribution in [3.05, 3.63) is 17.5 Å². The van der Waals surface area contributed by atoms with E-state index >= 15 is 0 Å². The molecule has 18 heavy (non-hydrogen) atoms. The number of hydrogen-bond donors (Lipinski definition) is 0. The molecule has 5 nitrogen and oxygen atoms in total. The summed E-state index contributed by atoms with van der Waals surface area (Å²) in [7, 11) is 3.27. The van der Waals surface area contributed by atoms with Crippen molar-refractivity contribution in [1.29, 1.82) is 0 Å². The molecule has 0 saturated heterocycles. The van der Waals surface area contributed by atoms with Crippen LogP contribution in [-0.2, 0) is 16.6 Å². The van der Waals surface area contributed by atoms with E-state index in [0.717, 1.165) is 10.7 Å². The summed E-state index contributed by atoms with van der Waals surface area (Å²) >= 11 is 2.95. The smallest absolute Gasteiger partial charge is 0.318 e. The molecule has 0 amide bonds. The highest BCUT2D eigenvalue weighted by Gasteiger charge is 2.19. The van der Waals surface area contributed by atoms with Crippen molar-refractivity contribution in [2.75, 3.05) is 7.11 Å². The fourth-order valence-electron chi connectivity index (χ4n) is 1.41. The number of aromatic nitrogens is 3. The standard InChI is InChI=1S/C11H13N3O2S2/c1-7(10(15)16-3)18-11-13-12-9(14(11)2)8-5-4-6-17-8/h4-7H,1-3H3/t7-/m0/s1. The second kappa shape index (κ2) is 5.53. The van der Waals surface area contributed by atoms with Crippen molar-refractivity contribution in [1.82, 2.24) is 14.8 Å². The second-order valence-electron chi connectivity index (χ2n) is 3.63. The summed E-state index contributed by atoms with van der Waals surface area (Å²) < 4.78 is 6.57. The summed E-state index contributed by atoms with van der Waals surface area (Å²) in [6, 6.07) is 3.96. The van der Waals surface area contributed by atoms with Crippen LogP contribution in [-0.4, -0.2) is 33.1 Å². The first-order valence-electron chi connectivity index (χ1n) is 5.31. The normalized spacial score (nSPS) is 12.4.